The number of ether oxygens (including phenoxy) is 1. The maximum Gasteiger partial charge on any atom is 0.330 e. The Balaban J connectivity index is 2.22. The smallest absolute Gasteiger partial charge is 0.330 e. The molecular weight excluding hydrogens is 263 g/mol. The largest absolute Gasteiger partial charge is 0.464 e. The second-order valence-electron chi connectivity index (χ2n) is 4.45. The highest BCUT2D eigenvalue weighted by Crippen LogP contribution is 2.14. The fourth-order valence-electron chi connectivity index (χ4n) is 2.19. The molecule has 1 atom stereocenters. The van der Waals surface area contributed by atoms with Crippen LogP contribution in [-0.4, -0.2) is 49.1 Å². The van der Waals surface area contributed by atoms with Crippen LogP contribution >= 0.6 is 0 Å². The van der Waals surface area contributed by atoms with E-state index in [4.69, 9.17) is 4.74 Å². The van der Waals surface area contributed by atoms with Crippen molar-refractivity contribution in [1.29, 1.82) is 0 Å². The van der Waals surface area contributed by atoms with Crippen molar-refractivity contribution < 1.29 is 18.7 Å². The van der Waals surface area contributed by atoms with E-state index in [0.717, 1.165) is 0 Å². The van der Waals surface area contributed by atoms with Crippen LogP contribution in [0.2, 0.25) is 0 Å². The Hall–Kier alpha value is -1.95. The van der Waals surface area contributed by atoms with Gasteiger partial charge in [-0.05, 0) is 19.1 Å². The average Bonchev–Trinajstić information content (AvgIpc) is 2.47. The van der Waals surface area contributed by atoms with E-state index in [0.29, 0.717) is 19.6 Å². The van der Waals surface area contributed by atoms with Gasteiger partial charge in [0, 0.05) is 19.6 Å². The summed E-state index contributed by atoms with van der Waals surface area (Å²) >= 11 is 0. The van der Waals surface area contributed by atoms with Crippen LogP contribution in [0.5, 0.6) is 0 Å². The minimum absolute atomic E-state index is 0.0244. The molecule has 0 radical (unpaired) electrons. The highest BCUT2D eigenvalue weighted by molar-refractivity contribution is 5.97. The van der Waals surface area contributed by atoms with Crippen LogP contribution in [0.15, 0.2) is 24.3 Å². The molecule has 1 amide bonds. The molecule has 0 aliphatic carbocycles. The van der Waals surface area contributed by atoms with Gasteiger partial charge in [-0.25, -0.2) is 9.18 Å². The van der Waals surface area contributed by atoms with Crippen molar-refractivity contribution in [3.8, 4) is 0 Å². The van der Waals surface area contributed by atoms with Gasteiger partial charge in [-0.2, -0.15) is 0 Å². The summed E-state index contributed by atoms with van der Waals surface area (Å²) in [5.41, 5.74) is -0.0244. The maximum absolute atomic E-state index is 13.7. The van der Waals surface area contributed by atoms with Crippen molar-refractivity contribution >= 4 is 11.9 Å². The Morgan fingerprint density at radius 2 is 2.20 bits per heavy atom. The highest BCUT2D eigenvalue weighted by atomic mass is 19.1. The predicted molar refractivity (Wildman–Crippen MR) is 70.7 cm³/mol. The first kappa shape index (κ1) is 14.5. The number of benzene rings is 1. The van der Waals surface area contributed by atoms with E-state index in [2.05, 4.69) is 5.32 Å². The molecule has 1 unspecified atom stereocenters. The van der Waals surface area contributed by atoms with Crippen LogP contribution in [0.1, 0.15) is 17.3 Å². The van der Waals surface area contributed by atoms with Crippen molar-refractivity contribution in [1.82, 2.24) is 10.2 Å². The Morgan fingerprint density at radius 1 is 1.45 bits per heavy atom. The fraction of sp³-hybridized carbons (Fsp3) is 0.429. The number of nitrogens with one attached hydrogen (secondary N) is 1. The van der Waals surface area contributed by atoms with E-state index >= 15 is 0 Å². The van der Waals surface area contributed by atoms with E-state index in [-0.39, 0.29) is 12.2 Å². The number of nitrogens with zero attached hydrogens (tertiary/aromatic N) is 1. The summed E-state index contributed by atoms with van der Waals surface area (Å²) < 4.78 is 18.7. The molecule has 20 heavy (non-hydrogen) atoms. The Kier molecular flexibility index (Phi) is 4.68. The van der Waals surface area contributed by atoms with Crippen molar-refractivity contribution in [3.05, 3.63) is 35.6 Å². The minimum Gasteiger partial charge on any atom is -0.464 e. The molecule has 5 nitrogen and oxygen atoms in total. The van der Waals surface area contributed by atoms with Crippen LogP contribution in [0.25, 0.3) is 0 Å². The third-order valence-corrected chi connectivity index (χ3v) is 3.17. The topological polar surface area (TPSA) is 58.6 Å². The van der Waals surface area contributed by atoms with Crippen LogP contribution in [-0.2, 0) is 9.53 Å². The molecule has 1 saturated heterocycles. The van der Waals surface area contributed by atoms with Gasteiger partial charge >= 0.3 is 5.97 Å². The fourth-order valence-corrected chi connectivity index (χ4v) is 2.19. The van der Waals surface area contributed by atoms with Gasteiger partial charge in [0.25, 0.3) is 5.91 Å². The monoisotopic (exact) mass is 280 g/mol. The summed E-state index contributed by atoms with van der Waals surface area (Å²) in [6, 6.07) is 5.05. The lowest BCUT2D eigenvalue weighted by Crippen LogP contribution is -2.57. The lowest BCUT2D eigenvalue weighted by Gasteiger charge is -2.34. The zero-order valence-electron chi connectivity index (χ0n) is 11.3. The van der Waals surface area contributed by atoms with Gasteiger partial charge in [0.1, 0.15) is 11.9 Å². The molecule has 1 heterocycles. The SMILES string of the molecule is CCOC(=O)C1CNCCN1C(=O)c1ccccc1F. The summed E-state index contributed by atoms with van der Waals surface area (Å²) in [4.78, 5) is 25.6. The summed E-state index contributed by atoms with van der Waals surface area (Å²) in [5, 5.41) is 3.04. The summed E-state index contributed by atoms with van der Waals surface area (Å²) in [5.74, 6) is -1.54. The van der Waals surface area contributed by atoms with Gasteiger partial charge in [0.05, 0.1) is 12.2 Å². The van der Waals surface area contributed by atoms with Crippen LogP contribution in [0.3, 0.4) is 0 Å². The molecule has 2 rings (SSSR count). The average molecular weight is 280 g/mol. The number of piperazine rings is 1. The zero-order valence-corrected chi connectivity index (χ0v) is 11.3. The van der Waals surface area contributed by atoms with Gasteiger partial charge in [0.2, 0.25) is 0 Å². The molecule has 1 N–H and O–H groups in total. The summed E-state index contributed by atoms with van der Waals surface area (Å²) in [6.07, 6.45) is 0. The molecule has 6 heteroatoms. The molecule has 1 aliphatic heterocycles. The molecular formula is C14H17FN2O3. The summed E-state index contributed by atoms with van der Waals surface area (Å²) in [6.45, 7) is 3.18. The molecule has 0 saturated carbocycles. The second kappa shape index (κ2) is 6.47. The first-order chi connectivity index (χ1) is 9.65. The Bertz CT molecular complexity index is 507. The van der Waals surface area contributed by atoms with Gasteiger partial charge in [0.15, 0.2) is 0 Å². The van der Waals surface area contributed by atoms with Crippen LogP contribution in [0, 0.1) is 5.82 Å². The van der Waals surface area contributed by atoms with E-state index in [1.54, 1.807) is 13.0 Å². The molecule has 1 aliphatic rings. The lowest BCUT2D eigenvalue weighted by atomic mass is 10.1. The van der Waals surface area contributed by atoms with E-state index in [1.165, 1.54) is 23.1 Å². The van der Waals surface area contributed by atoms with Gasteiger partial charge in [-0.15, -0.1) is 0 Å². The van der Waals surface area contributed by atoms with Crippen molar-refractivity contribution in [3.63, 3.8) is 0 Å². The minimum atomic E-state index is -0.712. The molecule has 0 aromatic heterocycles. The second-order valence-corrected chi connectivity index (χ2v) is 4.45. The molecule has 1 aromatic carbocycles. The number of rotatable bonds is 3. The molecule has 1 fully saturated rings. The number of hydrogen-bond acceptors (Lipinski definition) is 4. The molecule has 1 aromatic rings. The van der Waals surface area contributed by atoms with Crippen molar-refractivity contribution in [2.45, 2.75) is 13.0 Å². The first-order valence-electron chi connectivity index (χ1n) is 6.58. The summed E-state index contributed by atoms with van der Waals surface area (Å²) in [7, 11) is 0. The van der Waals surface area contributed by atoms with E-state index in [9.17, 15) is 14.0 Å². The lowest BCUT2D eigenvalue weighted by molar-refractivity contribution is -0.149. The first-order valence-corrected chi connectivity index (χ1v) is 6.58. The van der Waals surface area contributed by atoms with E-state index in [1.807, 2.05) is 0 Å². The standard InChI is InChI=1S/C14H17FN2O3/c1-2-20-14(19)12-9-16-7-8-17(12)13(18)10-5-3-4-6-11(10)15/h3-6,12,16H,2,7-9H2,1H3. The normalized spacial score (nSPS) is 18.7. The van der Waals surface area contributed by atoms with E-state index < -0.39 is 23.7 Å². The van der Waals surface area contributed by atoms with Crippen molar-refractivity contribution in [2.75, 3.05) is 26.2 Å². The number of esters is 1. The van der Waals surface area contributed by atoms with Gasteiger partial charge < -0.3 is 15.0 Å². The number of halogens is 1. The third-order valence-electron chi connectivity index (χ3n) is 3.17. The molecule has 108 valence electrons. The van der Waals surface area contributed by atoms with Gasteiger partial charge in [-0.1, -0.05) is 12.1 Å². The number of carbonyl (C=O) groups is 2. The molecule has 0 bridgehead atoms. The quantitative estimate of drug-likeness (QED) is 0.832. The maximum atomic E-state index is 13.7. The number of carbonyl (C=O) groups excluding carboxylic acids is 2. The number of amides is 1. The van der Waals surface area contributed by atoms with Crippen LogP contribution < -0.4 is 5.32 Å². The zero-order chi connectivity index (χ0) is 14.5. The highest BCUT2D eigenvalue weighted by Gasteiger charge is 2.34. The molecule has 0 spiro atoms. The van der Waals surface area contributed by atoms with Crippen LogP contribution in [0.4, 0.5) is 4.39 Å². The Morgan fingerprint density at radius 3 is 2.90 bits per heavy atom. The third kappa shape index (κ3) is 2.96. The Labute approximate surface area is 116 Å². The van der Waals surface area contributed by atoms with Gasteiger partial charge in [-0.3, -0.25) is 4.79 Å². The number of hydrogen-bond donors (Lipinski definition) is 1. The predicted octanol–water partition coefficient (Wildman–Crippen LogP) is 0.803. The van der Waals surface area contributed by atoms with Crippen molar-refractivity contribution in [2.24, 2.45) is 0 Å².